The fraction of sp³-hybridized carbons (Fsp3) is 0.400. The molecule has 0 unspecified atom stereocenters. The molecule has 1 aromatic heterocycles. The number of aliphatic hydroxyl groups is 1. The van der Waals surface area contributed by atoms with Crippen LogP contribution in [0.5, 0.6) is 0 Å². The number of aliphatic hydroxyl groups excluding tert-OH is 1. The molecule has 2 aromatic rings. The summed E-state index contributed by atoms with van der Waals surface area (Å²) in [5.74, 6) is 0. The molecule has 0 bridgehead atoms. The molecule has 1 fully saturated rings. The number of hydrogen-bond acceptors (Lipinski definition) is 5. The molecule has 0 saturated carbocycles. The monoisotopic (exact) mass is 367 g/mol. The Morgan fingerprint density at radius 1 is 1.24 bits per heavy atom. The SMILES string of the molecule is C[C@H](O)c1ccc(N2CCN(c3nccs3)CC2)cc1Br. The van der Waals surface area contributed by atoms with E-state index < -0.39 is 6.10 Å². The van der Waals surface area contributed by atoms with Crippen LogP contribution in [0.1, 0.15) is 18.6 Å². The summed E-state index contributed by atoms with van der Waals surface area (Å²) < 4.78 is 0.970. The summed E-state index contributed by atoms with van der Waals surface area (Å²) in [5.41, 5.74) is 2.13. The molecule has 0 spiro atoms. The third kappa shape index (κ3) is 3.22. The average Bonchev–Trinajstić information content (AvgIpc) is 3.01. The molecule has 6 heteroatoms. The van der Waals surface area contributed by atoms with Crippen LogP contribution in [-0.4, -0.2) is 36.3 Å². The Balaban J connectivity index is 1.68. The topological polar surface area (TPSA) is 39.6 Å². The van der Waals surface area contributed by atoms with E-state index in [4.69, 9.17) is 0 Å². The number of hydrogen-bond donors (Lipinski definition) is 1. The Kier molecular flexibility index (Phi) is 4.47. The number of rotatable bonds is 3. The second kappa shape index (κ2) is 6.34. The zero-order valence-corrected chi connectivity index (χ0v) is 14.3. The highest BCUT2D eigenvalue weighted by atomic mass is 79.9. The van der Waals surface area contributed by atoms with Crippen molar-refractivity contribution in [1.29, 1.82) is 0 Å². The largest absolute Gasteiger partial charge is 0.389 e. The van der Waals surface area contributed by atoms with Crippen molar-refractivity contribution < 1.29 is 5.11 Å². The van der Waals surface area contributed by atoms with Crippen molar-refractivity contribution in [1.82, 2.24) is 4.98 Å². The molecule has 3 rings (SSSR count). The molecule has 1 saturated heterocycles. The van der Waals surface area contributed by atoms with Crippen LogP contribution < -0.4 is 9.80 Å². The second-order valence-electron chi connectivity index (χ2n) is 5.17. The lowest BCUT2D eigenvalue weighted by atomic mass is 10.1. The molecule has 1 aliphatic rings. The van der Waals surface area contributed by atoms with E-state index in [0.717, 1.165) is 41.3 Å². The van der Waals surface area contributed by atoms with E-state index in [1.54, 1.807) is 18.3 Å². The van der Waals surface area contributed by atoms with E-state index in [9.17, 15) is 5.11 Å². The molecule has 1 aromatic carbocycles. The number of thiazole rings is 1. The van der Waals surface area contributed by atoms with Gasteiger partial charge >= 0.3 is 0 Å². The summed E-state index contributed by atoms with van der Waals surface area (Å²) >= 11 is 5.25. The Hall–Kier alpha value is -1.11. The molecule has 21 heavy (non-hydrogen) atoms. The maximum atomic E-state index is 9.69. The molecule has 0 radical (unpaired) electrons. The van der Waals surface area contributed by atoms with Crippen LogP contribution in [0.2, 0.25) is 0 Å². The quantitative estimate of drug-likeness (QED) is 0.903. The minimum Gasteiger partial charge on any atom is -0.389 e. The molecule has 1 aliphatic heterocycles. The number of piperazine rings is 1. The zero-order valence-electron chi connectivity index (χ0n) is 11.9. The Morgan fingerprint density at radius 3 is 2.52 bits per heavy atom. The van der Waals surface area contributed by atoms with Gasteiger partial charge in [-0.05, 0) is 24.6 Å². The van der Waals surface area contributed by atoms with Crippen molar-refractivity contribution >= 4 is 38.1 Å². The number of anilines is 2. The highest BCUT2D eigenvalue weighted by Gasteiger charge is 2.19. The maximum Gasteiger partial charge on any atom is 0.185 e. The first kappa shape index (κ1) is 14.8. The number of halogens is 1. The van der Waals surface area contributed by atoms with E-state index in [0.29, 0.717) is 0 Å². The van der Waals surface area contributed by atoms with Crippen molar-refractivity contribution in [3.8, 4) is 0 Å². The Bertz CT molecular complexity index is 595. The van der Waals surface area contributed by atoms with Gasteiger partial charge in [0.05, 0.1) is 6.10 Å². The first-order valence-electron chi connectivity index (χ1n) is 7.02. The molecule has 1 atom stereocenters. The summed E-state index contributed by atoms with van der Waals surface area (Å²) in [6.07, 6.45) is 1.41. The van der Waals surface area contributed by atoms with Crippen LogP contribution in [0.15, 0.2) is 34.2 Å². The van der Waals surface area contributed by atoms with Crippen LogP contribution >= 0.6 is 27.3 Å². The summed E-state index contributed by atoms with van der Waals surface area (Å²) in [4.78, 5) is 9.08. The maximum absolute atomic E-state index is 9.69. The highest BCUT2D eigenvalue weighted by molar-refractivity contribution is 9.10. The van der Waals surface area contributed by atoms with Crippen LogP contribution in [0.4, 0.5) is 10.8 Å². The third-order valence-corrected chi connectivity index (χ3v) is 5.29. The van der Waals surface area contributed by atoms with Crippen LogP contribution in [0, 0.1) is 0 Å². The normalized spacial score (nSPS) is 17.1. The molecule has 1 N–H and O–H groups in total. The van der Waals surface area contributed by atoms with Crippen molar-refractivity contribution in [3.05, 3.63) is 39.8 Å². The van der Waals surface area contributed by atoms with Crippen LogP contribution in [0.3, 0.4) is 0 Å². The highest BCUT2D eigenvalue weighted by Crippen LogP contribution is 2.29. The predicted molar refractivity (Wildman–Crippen MR) is 91.3 cm³/mol. The van der Waals surface area contributed by atoms with E-state index in [1.165, 1.54) is 5.69 Å². The Morgan fingerprint density at radius 2 is 1.95 bits per heavy atom. The van der Waals surface area contributed by atoms with Gasteiger partial charge in [-0.25, -0.2) is 4.98 Å². The first-order chi connectivity index (χ1) is 10.1. The average molecular weight is 368 g/mol. The molecular formula is C15H18BrN3OS. The Labute approximate surface area is 137 Å². The van der Waals surface area contributed by atoms with E-state index in [-0.39, 0.29) is 0 Å². The second-order valence-corrected chi connectivity index (χ2v) is 6.90. The molecule has 0 aliphatic carbocycles. The van der Waals surface area contributed by atoms with Gasteiger partial charge in [-0.3, -0.25) is 0 Å². The molecular weight excluding hydrogens is 350 g/mol. The minimum absolute atomic E-state index is 0.449. The van der Waals surface area contributed by atoms with Gasteiger partial charge in [0.1, 0.15) is 0 Å². The fourth-order valence-corrected chi connectivity index (χ4v) is 3.97. The zero-order chi connectivity index (χ0) is 14.8. The predicted octanol–water partition coefficient (Wildman–Crippen LogP) is 3.29. The van der Waals surface area contributed by atoms with Gasteiger partial charge in [0, 0.05) is 47.9 Å². The van der Waals surface area contributed by atoms with Gasteiger partial charge < -0.3 is 14.9 Å². The minimum atomic E-state index is -0.449. The standard InChI is InChI=1S/C15H18BrN3OS/c1-11(20)13-3-2-12(10-14(13)16)18-5-7-19(8-6-18)15-17-4-9-21-15/h2-4,9-11,20H,5-8H2,1H3/t11-/m0/s1. The number of benzene rings is 1. The van der Waals surface area contributed by atoms with Crippen LogP contribution in [0.25, 0.3) is 0 Å². The molecule has 4 nitrogen and oxygen atoms in total. The smallest absolute Gasteiger partial charge is 0.185 e. The summed E-state index contributed by atoms with van der Waals surface area (Å²) in [7, 11) is 0. The van der Waals surface area contributed by atoms with Gasteiger partial charge in [0.15, 0.2) is 5.13 Å². The number of aromatic nitrogens is 1. The molecule has 112 valence electrons. The summed E-state index contributed by atoms with van der Waals surface area (Å²) in [6, 6.07) is 6.18. The van der Waals surface area contributed by atoms with Crippen molar-refractivity contribution in [2.24, 2.45) is 0 Å². The molecule has 2 heterocycles. The number of nitrogens with zero attached hydrogens (tertiary/aromatic N) is 3. The fourth-order valence-electron chi connectivity index (χ4n) is 2.58. The first-order valence-corrected chi connectivity index (χ1v) is 8.69. The van der Waals surface area contributed by atoms with Gasteiger partial charge in [0.2, 0.25) is 0 Å². The van der Waals surface area contributed by atoms with E-state index in [2.05, 4.69) is 42.8 Å². The third-order valence-electron chi connectivity index (χ3n) is 3.77. The lowest BCUT2D eigenvalue weighted by Gasteiger charge is -2.36. The van der Waals surface area contributed by atoms with E-state index >= 15 is 0 Å². The van der Waals surface area contributed by atoms with Gasteiger partial charge in [-0.1, -0.05) is 22.0 Å². The van der Waals surface area contributed by atoms with Crippen molar-refractivity contribution in [2.75, 3.05) is 36.0 Å². The van der Waals surface area contributed by atoms with E-state index in [1.807, 2.05) is 17.6 Å². The van der Waals surface area contributed by atoms with Crippen molar-refractivity contribution in [3.63, 3.8) is 0 Å². The van der Waals surface area contributed by atoms with Crippen LogP contribution in [-0.2, 0) is 0 Å². The van der Waals surface area contributed by atoms with Gasteiger partial charge in [-0.15, -0.1) is 11.3 Å². The van der Waals surface area contributed by atoms with Gasteiger partial charge in [0.25, 0.3) is 0 Å². The molecule has 0 amide bonds. The lowest BCUT2D eigenvalue weighted by molar-refractivity contribution is 0.198. The van der Waals surface area contributed by atoms with Crippen molar-refractivity contribution in [2.45, 2.75) is 13.0 Å². The lowest BCUT2D eigenvalue weighted by Crippen LogP contribution is -2.46. The summed E-state index contributed by atoms with van der Waals surface area (Å²) in [6.45, 7) is 5.74. The van der Waals surface area contributed by atoms with Gasteiger partial charge in [-0.2, -0.15) is 0 Å². The summed E-state index contributed by atoms with van der Waals surface area (Å²) in [5, 5.41) is 12.8.